The second kappa shape index (κ2) is 8.01. The molecule has 0 aromatic heterocycles. The van der Waals surface area contributed by atoms with Crippen molar-refractivity contribution in [3.63, 3.8) is 0 Å². The molecule has 0 spiro atoms. The second-order valence-electron chi connectivity index (χ2n) is 4.52. The molecule has 2 atom stereocenters. The van der Waals surface area contributed by atoms with Crippen LogP contribution in [0.1, 0.15) is 19.8 Å². The minimum atomic E-state index is 0.408. The van der Waals surface area contributed by atoms with Gasteiger partial charge in [0.15, 0.2) is 0 Å². The van der Waals surface area contributed by atoms with Gasteiger partial charge in [-0.05, 0) is 26.4 Å². The highest BCUT2D eigenvalue weighted by molar-refractivity contribution is 4.77. The molecule has 4 heteroatoms. The summed E-state index contributed by atoms with van der Waals surface area (Å²) in [5.74, 6) is 0. The fourth-order valence-electron chi connectivity index (χ4n) is 2.06. The smallest absolute Gasteiger partial charge is 0.0707 e. The average Bonchev–Trinajstić information content (AvgIpc) is 2.71. The van der Waals surface area contributed by atoms with Gasteiger partial charge in [0.05, 0.1) is 18.8 Å². The first-order chi connectivity index (χ1) is 7.76. The van der Waals surface area contributed by atoms with E-state index in [1.165, 1.54) is 12.8 Å². The molecule has 0 amide bonds. The van der Waals surface area contributed by atoms with Crippen molar-refractivity contribution < 1.29 is 9.47 Å². The number of hydrogen-bond acceptors (Lipinski definition) is 4. The molecule has 0 aromatic rings. The highest BCUT2D eigenvalue weighted by atomic mass is 16.5. The molecule has 16 heavy (non-hydrogen) atoms. The van der Waals surface area contributed by atoms with E-state index in [1.807, 2.05) is 0 Å². The van der Waals surface area contributed by atoms with Crippen LogP contribution in [0.4, 0.5) is 0 Å². The number of methoxy groups -OCH3 is 1. The third-order valence-electron chi connectivity index (χ3n) is 3.01. The zero-order valence-electron chi connectivity index (χ0n) is 10.9. The van der Waals surface area contributed by atoms with Gasteiger partial charge >= 0.3 is 0 Å². The van der Waals surface area contributed by atoms with Gasteiger partial charge in [-0.2, -0.15) is 0 Å². The van der Waals surface area contributed by atoms with Crippen LogP contribution in [0.5, 0.6) is 0 Å². The molecule has 1 N–H and O–H groups in total. The summed E-state index contributed by atoms with van der Waals surface area (Å²) in [5, 5.41) is 3.34. The molecule has 0 radical (unpaired) electrons. The Kier molecular flexibility index (Phi) is 6.96. The highest BCUT2D eigenvalue weighted by Crippen LogP contribution is 2.19. The number of likely N-dealkylation sites (N-methyl/N-ethyl adjacent to an activating group) is 2. The van der Waals surface area contributed by atoms with E-state index in [4.69, 9.17) is 9.47 Å². The minimum absolute atomic E-state index is 0.408. The van der Waals surface area contributed by atoms with E-state index < -0.39 is 0 Å². The van der Waals surface area contributed by atoms with Crippen molar-refractivity contribution in [3.8, 4) is 0 Å². The quantitative estimate of drug-likeness (QED) is 0.666. The van der Waals surface area contributed by atoms with E-state index in [0.29, 0.717) is 12.2 Å². The van der Waals surface area contributed by atoms with E-state index >= 15 is 0 Å². The Balaban J connectivity index is 2.10. The van der Waals surface area contributed by atoms with Crippen molar-refractivity contribution in [2.45, 2.75) is 32.0 Å². The lowest BCUT2D eigenvalue weighted by Crippen LogP contribution is -2.33. The molecule has 96 valence electrons. The Morgan fingerprint density at radius 2 is 2.12 bits per heavy atom. The van der Waals surface area contributed by atoms with Gasteiger partial charge in [-0.1, -0.05) is 6.92 Å². The van der Waals surface area contributed by atoms with Gasteiger partial charge in [-0.3, -0.25) is 0 Å². The molecule has 1 heterocycles. The molecule has 0 bridgehead atoms. The Bertz CT molecular complexity index is 178. The first-order valence-corrected chi connectivity index (χ1v) is 6.30. The van der Waals surface area contributed by atoms with Crippen LogP contribution in [-0.4, -0.2) is 64.1 Å². The minimum Gasteiger partial charge on any atom is -0.383 e. The summed E-state index contributed by atoms with van der Waals surface area (Å²) in [7, 11) is 3.87. The number of hydrogen-bond donors (Lipinski definition) is 1. The van der Waals surface area contributed by atoms with Crippen LogP contribution in [-0.2, 0) is 9.47 Å². The lowest BCUT2D eigenvalue weighted by molar-refractivity contribution is 0.0244. The number of nitrogens with zero attached hydrogens (tertiary/aromatic N) is 1. The lowest BCUT2D eigenvalue weighted by atomic mass is 10.2. The summed E-state index contributed by atoms with van der Waals surface area (Å²) in [4.78, 5) is 2.28. The standard InChI is InChI=1S/C12H26N2O2/c1-4-13-9-11-5-6-12(16-11)10-14(2)7-8-15-3/h11-13H,4-10H2,1-3H3. The van der Waals surface area contributed by atoms with Crippen molar-refractivity contribution in [1.29, 1.82) is 0 Å². The monoisotopic (exact) mass is 230 g/mol. The topological polar surface area (TPSA) is 33.7 Å². The summed E-state index contributed by atoms with van der Waals surface area (Å²) in [5.41, 5.74) is 0. The van der Waals surface area contributed by atoms with Crippen LogP contribution < -0.4 is 5.32 Å². The molecule has 1 aliphatic rings. The van der Waals surface area contributed by atoms with Crippen LogP contribution >= 0.6 is 0 Å². The lowest BCUT2D eigenvalue weighted by Gasteiger charge is -2.21. The van der Waals surface area contributed by atoms with Crippen LogP contribution in [0.3, 0.4) is 0 Å². The van der Waals surface area contributed by atoms with E-state index in [2.05, 4.69) is 24.2 Å². The molecular weight excluding hydrogens is 204 g/mol. The molecule has 2 unspecified atom stereocenters. The summed E-state index contributed by atoms with van der Waals surface area (Å²) in [6, 6.07) is 0. The van der Waals surface area contributed by atoms with Gasteiger partial charge in [0.1, 0.15) is 0 Å². The first kappa shape index (κ1) is 13.9. The van der Waals surface area contributed by atoms with Gasteiger partial charge in [0.2, 0.25) is 0 Å². The Hall–Kier alpha value is -0.160. The van der Waals surface area contributed by atoms with Gasteiger partial charge in [-0.25, -0.2) is 0 Å². The van der Waals surface area contributed by atoms with Crippen LogP contribution in [0.2, 0.25) is 0 Å². The first-order valence-electron chi connectivity index (χ1n) is 6.30. The summed E-state index contributed by atoms with van der Waals surface area (Å²) in [6.07, 6.45) is 3.20. The van der Waals surface area contributed by atoms with Gasteiger partial charge in [0, 0.05) is 26.7 Å². The number of nitrogens with one attached hydrogen (secondary N) is 1. The fourth-order valence-corrected chi connectivity index (χ4v) is 2.06. The zero-order chi connectivity index (χ0) is 11.8. The van der Waals surface area contributed by atoms with E-state index in [0.717, 1.165) is 32.8 Å². The van der Waals surface area contributed by atoms with E-state index in [-0.39, 0.29) is 0 Å². The molecule has 0 saturated carbocycles. The molecule has 0 aromatic carbocycles. The van der Waals surface area contributed by atoms with E-state index in [1.54, 1.807) is 7.11 Å². The van der Waals surface area contributed by atoms with Crippen LogP contribution in [0.15, 0.2) is 0 Å². The SMILES string of the molecule is CCNCC1CCC(CN(C)CCOC)O1. The fraction of sp³-hybridized carbons (Fsp3) is 1.00. The molecule has 4 nitrogen and oxygen atoms in total. The van der Waals surface area contributed by atoms with Gasteiger partial charge in [0.25, 0.3) is 0 Å². The predicted octanol–water partition coefficient (Wildman–Crippen LogP) is 0.722. The molecule has 1 fully saturated rings. The van der Waals surface area contributed by atoms with E-state index in [9.17, 15) is 0 Å². The Labute approximate surface area is 99.3 Å². The van der Waals surface area contributed by atoms with Gasteiger partial charge < -0.3 is 19.7 Å². The third kappa shape index (κ3) is 5.25. The molecule has 1 aliphatic heterocycles. The molecular formula is C12H26N2O2. The number of rotatable bonds is 8. The summed E-state index contributed by atoms with van der Waals surface area (Å²) < 4.78 is 11.0. The predicted molar refractivity (Wildman–Crippen MR) is 65.8 cm³/mol. The van der Waals surface area contributed by atoms with Crippen LogP contribution in [0, 0.1) is 0 Å². The van der Waals surface area contributed by atoms with Crippen molar-refractivity contribution in [2.75, 3.05) is 46.9 Å². The summed E-state index contributed by atoms with van der Waals surface area (Å²) >= 11 is 0. The van der Waals surface area contributed by atoms with Crippen molar-refractivity contribution >= 4 is 0 Å². The van der Waals surface area contributed by atoms with Crippen LogP contribution in [0.25, 0.3) is 0 Å². The number of ether oxygens (including phenoxy) is 2. The highest BCUT2D eigenvalue weighted by Gasteiger charge is 2.25. The van der Waals surface area contributed by atoms with Crippen molar-refractivity contribution in [1.82, 2.24) is 10.2 Å². The summed E-state index contributed by atoms with van der Waals surface area (Å²) in [6.45, 7) is 6.95. The Morgan fingerprint density at radius 1 is 1.38 bits per heavy atom. The largest absolute Gasteiger partial charge is 0.383 e. The second-order valence-corrected chi connectivity index (χ2v) is 4.52. The third-order valence-corrected chi connectivity index (χ3v) is 3.01. The normalized spacial score (nSPS) is 25.5. The molecule has 1 saturated heterocycles. The maximum Gasteiger partial charge on any atom is 0.0707 e. The van der Waals surface area contributed by atoms with Gasteiger partial charge in [-0.15, -0.1) is 0 Å². The average molecular weight is 230 g/mol. The van der Waals surface area contributed by atoms with Crippen molar-refractivity contribution in [2.24, 2.45) is 0 Å². The maximum atomic E-state index is 5.97. The molecule has 0 aliphatic carbocycles. The Morgan fingerprint density at radius 3 is 2.81 bits per heavy atom. The molecule has 1 rings (SSSR count). The maximum absolute atomic E-state index is 5.97. The van der Waals surface area contributed by atoms with Crippen molar-refractivity contribution in [3.05, 3.63) is 0 Å². The zero-order valence-corrected chi connectivity index (χ0v) is 10.9.